The predicted molar refractivity (Wildman–Crippen MR) is 115 cm³/mol. The van der Waals surface area contributed by atoms with Gasteiger partial charge in [0.15, 0.2) is 0 Å². The summed E-state index contributed by atoms with van der Waals surface area (Å²) in [6, 6.07) is 13.5. The van der Waals surface area contributed by atoms with Crippen molar-refractivity contribution in [3.8, 4) is 11.4 Å². The molecule has 0 spiro atoms. The molecule has 29 heavy (non-hydrogen) atoms. The molecule has 3 rings (SSSR count). The fraction of sp³-hybridized carbons (Fsp3) is 0.333. The molecular formula is C21H25N5O2S. The molecule has 0 radical (unpaired) electrons. The van der Waals surface area contributed by atoms with Gasteiger partial charge in [-0.05, 0) is 53.5 Å². The van der Waals surface area contributed by atoms with Crippen molar-refractivity contribution in [1.29, 1.82) is 0 Å². The van der Waals surface area contributed by atoms with Crippen molar-refractivity contribution < 1.29 is 9.53 Å². The number of hydrogen-bond acceptors (Lipinski definition) is 6. The van der Waals surface area contributed by atoms with Crippen LogP contribution >= 0.6 is 11.8 Å². The van der Waals surface area contributed by atoms with Gasteiger partial charge in [0.05, 0.1) is 12.4 Å². The first-order valence-electron chi connectivity index (χ1n) is 9.41. The van der Waals surface area contributed by atoms with E-state index in [9.17, 15) is 4.79 Å². The zero-order valence-electron chi connectivity index (χ0n) is 17.2. The summed E-state index contributed by atoms with van der Waals surface area (Å²) < 4.78 is 6.98. The SMILES string of the molecule is COc1ccccc1-n1nnnc1S[C@H](C)C(=O)Nc1c(C)cccc1C(C)C. The maximum absolute atomic E-state index is 12.9. The van der Waals surface area contributed by atoms with E-state index in [2.05, 4.69) is 34.7 Å². The Morgan fingerprint density at radius 2 is 1.90 bits per heavy atom. The first-order chi connectivity index (χ1) is 13.9. The molecule has 1 amide bonds. The minimum absolute atomic E-state index is 0.0965. The number of nitrogens with zero attached hydrogens (tertiary/aromatic N) is 4. The van der Waals surface area contributed by atoms with E-state index in [1.54, 1.807) is 11.8 Å². The van der Waals surface area contributed by atoms with Gasteiger partial charge in [-0.2, -0.15) is 4.68 Å². The summed E-state index contributed by atoms with van der Waals surface area (Å²) in [5, 5.41) is 15.1. The monoisotopic (exact) mass is 411 g/mol. The third kappa shape index (κ3) is 4.59. The number of hydrogen-bond donors (Lipinski definition) is 1. The summed E-state index contributed by atoms with van der Waals surface area (Å²) in [5.74, 6) is 0.868. The van der Waals surface area contributed by atoms with Crippen LogP contribution in [0.5, 0.6) is 5.75 Å². The Balaban J connectivity index is 1.80. The summed E-state index contributed by atoms with van der Waals surface area (Å²) >= 11 is 1.30. The van der Waals surface area contributed by atoms with Gasteiger partial charge in [-0.25, -0.2) is 0 Å². The lowest BCUT2D eigenvalue weighted by Gasteiger charge is -2.18. The van der Waals surface area contributed by atoms with Gasteiger partial charge in [0.25, 0.3) is 0 Å². The Kier molecular flexibility index (Phi) is 6.53. The predicted octanol–water partition coefficient (Wildman–Crippen LogP) is 4.22. The van der Waals surface area contributed by atoms with Crippen LogP contribution in [0, 0.1) is 6.92 Å². The second-order valence-corrected chi connectivity index (χ2v) is 8.30. The van der Waals surface area contributed by atoms with Gasteiger partial charge >= 0.3 is 0 Å². The first kappa shape index (κ1) is 20.9. The highest BCUT2D eigenvalue weighted by atomic mass is 32.2. The normalized spacial score (nSPS) is 12.1. The molecule has 0 aliphatic carbocycles. The van der Waals surface area contributed by atoms with Crippen molar-refractivity contribution >= 4 is 23.4 Å². The maximum Gasteiger partial charge on any atom is 0.237 e. The molecule has 0 aliphatic heterocycles. The minimum Gasteiger partial charge on any atom is -0.494 e. The number of rotatable bonds is 7. The van der Waals surface area contributed by atoms with Gasteiger partial charge in [-0.15, -0.1) is 5.10 Å². The number of carbonyl (C=O) groups excluding carboxylic acids is 1. The number of para-hydroxylation sites is 3. The molecule has 2 aromatic carbocycles. The lowest BCUT2D eigenvalue weighted by Crippen LogP contribution is -2.24. The van der Waals surface area contributed by atoms with Gasteiger partial charge in [0.1, 0.15) is 11.4 Å². The van der Waals surface area contributed by atoms with Crippen LogP contribution in [0.3, 0.4) is 0 Å². The topological polar surface area (TPSA) is 81.9 Å². The van der Waals surface area contributed by atoms with Crippen molar-refractivity contribution in [2.45, 2.75) is 44.0 Å². The summed E-state index contributed by atoms with van der Waals surface area (Å²) in [6.45, 7) is 8.07. The fourth-order valence-electron chi connectivity index (χ4n) is 2.99. The molecule has 0 saturated carbocycles. The van der Waals surface area contributed by atoms with Crippen LogP contribution in [-0.4, -0.2) is 38.5 Å². The molecule has 0 aliphatic rings. The van der Waals surface area contributed by atoms with Gasteiger partial charge in [-0.3, -0.25) is 4.79 Å². The lowest BCUT2D eigenvalue weighted by molar-refractivity contribution is -0.115. The zero-order valence-corrected chi connectivity index (χ0v) is 18.0. The Bertz CT molecular complexity index is 1000. The lowest BCUT2D eigenvalue weighted by atomic mass is 9.98. The zero-order chi connectivity index (χ0) is 21.0. The maximum atomic E-state index is 12.9. The smallest absolute Gasteiger partial charge is 0.237 e. The van der Waals surface area contributed by atoms with E-state index in [-0.39, 0.29) is 5.91 Å². The van der Waals surface area contributed by atoms with Crippen molar-refractivity contribution in [2.75, 3.05) is 12.4 Å². The van der Waals surface area contributed by atoms with Crippen LogP contribution in [0.15, 0.2) is 47.6 Å². The number of aryl methyl sites for hydroxylation is 1. The van der Waals surface area contributed by atoms with Crippen LogP contribution in [-0.2, 0) is 4.79 Å². The number of carbonyl (C=O) groups is 1. The summed E-state index contributed by atoms with van der Waals surface area (Å²) in [5.41, 5.74) is 3.76. The molecule has 1 aromatic heterocycles. The van der Waals surface area contributed by atoms with E-state index in [1.807, 2.05) is 56.3 Å². The number of thioether (sulfide) groups is 1. The molecule has 3 aromatic rings. The van der Waals surface area contributed by atoms with Gasteiger partial charge in [-0.1, -0.05) is 55.9 Å². The number of methoxy groups -OCH3 is 1. The molecule has 152 valence electrons. The Labute approximate surface area is 174 Å². The van der Waals surface area contributed by atoms with Crippen molar-refractivity contribution in [1.82, 2.24) is 20.2 Å². The summed E-state index contributed by atoms with van der Waals surface area (Å²) in [6.07, 6.45) is 0. The molecule has 7 nitrogen and oxygen atoms in total. The van der Waals surface area contributed by atoms with Crippen LogP contribution in [0.4, 0.5) is 5.69 Å². The van der Waals surface area contributed by atoms with Crippen LogP contribution in [0.1, 0.15) is 37.8 Å². The number of aromatic nitrogens is 4. The van der Waals surface area contributed by atoms with E-state index in [1.165, 1.54) is 11.8 Å². The van der Waals surface area contributed by atoms with Gasteiger partial charge in [0.2, 0.25) is 11.1 Å². The number of tetrazole rings is 1. The van der Waals surface area contributed by atoms with Crippen molar-refractivity contribution in [3.05, 3.63) is 53.6 Å². The summed E-state index contributed by atoms with van der Waals surface area (Å²) in [4.78, 5) is 12.9. The molecular weight excluding hydrogens is 386 g/mol. The third-order valence-corrected chi connectivity index (χ3v) is 5.61. The van der Waals surface area contributed by atoms with E-state index < -0.39 is 5.25 Å². The molecule has 0 fully saturated rings. The highest BCUT2D eigenvalue weighted by Gasteiger charge is 2.22. The number of benzene rings is 2. The Morgan fingerprint density at radius 1 is 1.14 bits per heavy atom. The molecule has 0 unspecified atom stereocenters. The number of amides is 1. The number of anilines is 1. The third-order valence-electron chi connectivity index (χ3n) is 4.58. The van der Waals surface area contributed by atoms with E-state index >= 15 is 0 Å². The molecule has 1 heterocycles. The second-order valence-electron chi connectivity index (χ2n) is 6.99. The van der Waals surface area contributed by atoms with Crippen molar-refractivity contribution in [2.24, 2.45) is 0 Å². The number of nitrogens with one attached hydrogen (secondary N) is 1. The van der Waals surface area contributed by atoms with E-state index in [0.29, 0.717) is 16.8 Å². The summed E-state index contributed by atoms with van der Waals surface area (Å²) in [7, 11) is 1.60. The average molecular weight is 412 g/mol. The van der Waals surface area contributed by atoms with Crippen LogP contribution in [0.25, 0.3) is 5.69 Å². The van der Waals surface area contributed by atoms with Gasteiger partial charge < -0.3 is 10.1 Å². The Hall–Kier alpha value is -2.87. The standard InChI is InChI=1S/C21H25N5O2S/c1-13(2)16-10-8-9-14(3)19(16)22-20(27)15(4)29-21-23-24-25-26(21)17-11-6-7-12-18(17)28-5/h6-13,15H,1-5H3,(H,22,27)/t15-/m1/s1. The fourth-order valence-corrected chi connectivity index (χ4v) is 3.79. The molecule has 1 atom stereocenters. The van der Waals surface area contributed by atoms with Crippen LogP contribution in [0.2, 0.25) is 0 Å². The highest BCUT2D eigenvalue weighted by molar-refractivity contribution is 8.00. The average Bonchev–Trinajstić information content (AvgIpc) is 3.16. The number of ether oxygens (including phenoxy) is 1. The second kappa shape index (κ2) is 9.09. The van der Waals surface area contributed by atoms with E-state index in [0.717, 1.165) is 22.5 Å². The quantitative estimate of drug-likeness (QED) is 0.586. The Morgan fingerprint density at radius 3 is 2.62 bits per heavy atom. The largest absolute Gasteiger partial charge is 0.494 e. The van der Waals surface area contributed by atoms with E-state index in [4.69, 9.17) is 4.74 Å². The highest BCUT2D eigenvalue weighted by Crippen LogP contribution is 2.30. The molecule has 8 heteroatoms. The van der Waals surface area contributed by atoms with Crippen LogP contribution < -0.4 is 10.1 Å². The molecule has 0 saturated heterocycles. The van der Waals surface area contributed by atoms with Gasteiger partial charge in [0, 0.05) is 5.69 Å². The first-order valence-corrected chi connectivity index (χ1v) is 10.3. The molecule has 1 N–H and O–H groups in total. The minimum atomic E-state index is -0.394. The van der Waals surface area contributed by atoms with Crippen molar-refractivity contribution in [3.63, 3.8) is 0 Å². The molecule has 0 bridgehead atoms.